The Labute approximate surface area is 163 Å². The van der Waals surface area contributed by atoms with Crippen molar-refractivity contribution in [3.05, 3.63) is 47.5 Å². The zero-order valence-electron chi connectivity index (χ0n) is 16.0. The van der Waals surface area contributed by atoms with Gasteiger partial charge in [-0.05, 0) is 49.2 Å². The third-order valence-electron chi connectivity index (χ3n) is 4.78. The lowest BCUT2D eigenvalue weighted by Crippen LogP contribution is -2.39. The van der Waals surface area contributed by atoms with Crippen molar-refractivity contribution in [2.45, 2.75) is 26.3 Å². The Morgan fingerprint density at radius 3 is 2.50 bits per heavy atom. The lowest BCUT2D eigenvalue weighted by atomic mass is 10.1. The maximum absolute atomic E-state index is 12.5. The van der Waals surface area contributed by atoms with Crippen LogP contribution in [0.25, 0.3) is 0 Å². The second kappa shape index (κ2) is 7.42. The molecule has 28 heavy (non-hydrogen) atoms. The monoisotopic (exact) mass is 381 g/mol. The van der Waals surface area contributed by atoms with Gasteiger partial charge in [-0.3, -0.25) is 4.79 Å². The first-order valence-electron chi connectivity index (χ1n) is 9.34. The van der Waals surface area contributed by atoms with Gasteiger partial charge in [0.25, 0.3) is 0 Å². The van der Waals surface area contributed by atoms with Crippen LogP contribution in [0.5, 0.6) is 11.5 Å². The minimum Gasteiger partial charge on any atom is -0.486 e. The fraction of sp³-hybridized carbons (Fsp3) is 0.333. The molecular formula is C21H23N3O4. The number of benzene rings is 2. The van der Waals surface area contributed by atoms with Crippen molar-refractivity contribution in [3.8, 4) is 11.5 Å². The van der Waals surface area contributed by atoms with E-state index in [0.29, 0.717) is 31.3 Å². The van der Waals surface area contributed by atoms with Crippen molar-refractivity contribution >= 4 is 23.3 Å². The van der Waals surface area contributed by atoms with Crippen LogP contribution in [0, 0.1) is 13.8 Å². The van der Waals surface area contributed by atoms with Crippen molar-refractivity contribution in [2.24, 2.45) is 0 Å². The second-order valence-corrected chi connectivity index (χ2v) is 7.21. The number of carbonyl (C=O) groups excluding carboxylic acids is 2. The lowest BCUT2D eigenvalue weighted by Gasteiger charge is -2.22. The number of amides is 3. The molecule has 1 saturated heterocycles. The third-order valence-corrected chi connectivity index (χ3v) is 4.78. The molecule has 2 N–H and O–H groups in total. The largest absolute Gasteiger partial charge is 0.486 e. The van der Waals surface area contributed by atoms with Crippen molar-refractivity contribution < 1.29 is 19.1 Å². The first-order chi connectivity index (χ1) is 13.5. The first kappa shape index (κ1) is 18.2. The molecule has 1 atom stereocenters. The van der Waals surface area contributed by atoms with E-state index in [-0.39, 0.29) is 24.4 Å². The number of ether oxygens (including phenoxy) is 2. The zero-order valence-corrected chi connectivity index (χ0v) is 16.0. The van der Waals surface area contributed by atoms with Crippen LogP contribution >= 0.6 is 0 Å². The number of rotatable bonds is 3. The molecule has 1 fully saturated rings. The SMILES string of the molecule is Cc1cc(C)cc(NC(=O)NC2CC(=O)N(c3ccc4c(c3)OCCO4)C2)c1. The maximum atomic E-state index is 12.5. The van der Waals surface area contributed by atoms with Crippen LogP contribution in [-0.2, 0) is 4.79 Å². The highest BCUT2D eigenvalue weighted by atomic mass is 16.6. The summed E-state index contributed by atoms with van der Waals surface area (Å²) in [5, 5.41) is 5.73. The van der Waals surface area contributed by atoms with E-state index in [1.54, 1.807) is 4.90 Å². The molecule has 2 heterocycles. The van der Waals surface area contributed by atoms with Crippen LogP contribution in [0.4, 0.5) is 16.2 Å². The molecule has 0 bridgehead atoms. The lowest BCUT2D eigenvalue weighted by molar-refractivity contribution is -0.117. The van der Waals surface area contributed by atoms with Crippen molar-refractivity contribution in [1.29, 1.82) is 0 Å². The van der Waals surface area contributed by atoms with E-state index in [9.17, 15) is 9.59 Å². The minimum atomic E-state index is -0.313. The Balaban J connectivity index is 1.40. The summed E-state index contributed by atoms with van der Waals surface area (Å²) in [4.78, 5) is 26.5. The predicted molar refractivity (Wildman–Crippen MR) is 106 cm³/mol. The van der Waals surface area contributed by atoms with E-state index < -0.39 is 0 Å². The Hall–Kier alpha value is -3.22. The normalized spacial score (nSPS) is 18.1. The van der Waals surface area contributed by atoms with Gasteiger partial charge < -0.3 is 25.0 Å². The number of carbonyl (C=O) groups is 2. The Bertz CT molecular complexity index is 908. The average Bonchev–Trinajstić information content (AvgIpc) is 3.00. The standard InChI is InChI=1S/C21H23N3O4/c1-13-7-14(2)9-15(8-13)22-21(26)23-16-10-20(25)24(12-16)17-3-4-18-19(11-17)28-6-5-27-18/h3-4,7-9,11,16H,5-6,10,12H2,1-2H3,(H2,22,23,26). The van der Waals surface area contributed by atoms with Crippen LogP contribution in [0.15, 0.2) is 36.4 Å². The number of anilines is 2. The number of hydrogen-bond donors (Lipinski definition) is 2. The van der Waals surface area contributed by atoms with Gasteiger partial charge in [0.2, 0.25) is 5.91 Å². The van der Waals surface area contributed by atoms with E-state index in [2.05, 4.69) is 10.6 Å². The molecule has 7 heteroatoms. The molecule has 2 aliphatic heterocycles. The van der Waals surface area contributed by atoms with Gasteiger partial charge in [-0.2, -0.15) is 0 Å². The quantitative estimate of drug-likeness (QED) is 0.857. The van der Waals surface area contributed by atoms with Gasteiger partial charge in [-0.15, -0.1) is 0 Å². The van der Waals surface area contributed by atoms with Crippen molar-refractivity contribution in [1.82, 2.24) is 5.32 Å². The van der Waals surface area contributed by atoms with Crippen LogP contribution in [0.1, 0.15) is 17.5 Å². The minimum absolute atomic E-state index is 0.0339. The summed E-state index contributed by atoms with van der Waals surface area (Å²) in [6.45, 7) is 5.40. The summed E-state index contributed by atoms with van der Waals surface area (Å²) in [5.41, 5.74) is 3.64. The van der Waals surface area contributed by atoms with Gasteiger partial charge in [-0.1, -0.05) is 6.07 Å². The van der Waals surface area contributed by atoms with Crippen LogP contribution in [0.2, 0.25) is 0 Å². The van der Waals surface area contributed by atoms with Gasteiger partial charge >= 0.3 is 6.03 Å². The highest BCUT2D eigenvalue weighted by Gasteiger charge is 2.32. The van der Waals surface area contributed by atoms with E-state index >= 15 is 0 Å². The number of aryl methyl sites for hydroxylation is 2. The molecular weight excluding hydrogens is 358 g/mol. The summed E-state index contributed by atoms with van der Waals surface area (Å²) in [5.74, 6) is 1.29. The van der Waals surface area contributed by atoms with Gasteiger partial charge in [-0.25, -0.2) is 4.79 Å². The van der Waals surface area contributed by atoms with Crippen LogP contribution in [-0.4, -0.2) is 37.7 Å². The van der Waals surface area contributed by atoms with E-state index in [4.69, 9.17) is 9.47 Å². The molecule has 0 aromatic heterocycles. The Morgan fingerprint density at radius 1 is 1.04 bits per heavy atom. The molecule has 1 unspecified atom stereocenters. The number of urea groups is 1. The van der Waals surface area contributed by atoms with E-state index in [1.165, 1.54) is 0 Å². The van der Waals surface area contributed by atoms with E-state index in [0.717, 1.165) is 22.5 Å². The molecule has 0 spiro atoms. The van der Waals surface area contributed by atoms with E-state index in [1.807, 2.05) is 50.2 Å². The fourth-order valence-electron chi connectivity index (χ4n) is 3.65. The fourth-order valence-corrected chi connectivity index (χ4v) is 3.65. The first-order valence-corrected chi connectivity index (χ1v) is 9.34. The molecule has 4 rings (SSSR count). The van der Waals surface area contributed by atoms with Gasteiger partial charge in [0.05, 0.1) is 6.04 Å². The highest BCUT2D eigenvalue weighted by Crippen LogP contribution is 2.35. The third kappa shape index (κ3) is 3.88. The number of hydrogen-bond acceptors (Lipinski definition) is 4. The summed E-state index contributed by atoms with van der Waals surface area (Å²) in [7, 11) is 0. The molecule has 0 saturated carbocycles. The predicted octanol–water partition coefficient (Wildman–Crippen LogP) is 3.00. The summed E-state index contributed by atoms with van der Waals surface area (Å²) < 4.78 is 11.1. The summed E-state index contributed by atoms with van der Waals surface area (Å²) >= 11 is 0. The van der Waals surface area contributed by atoms with Gasteiger partial charge in [0.15, 0.2) is 11.5 Å². The average molecular weight is 381 g/mol. The molecule has 3 amide bonds. The number of nitrogens with one attached hydrogen (secondary N) is 2. The molecule has 2 aliphatic rings. The molecule has 0 aliphatic carbocycles. The topological polar surface area (TPSA) is 79.9 Å². The zero-order chi connectivity index (χ0) is 19.7. The summed E-state index contributed by atoms with van der Waals surface area (Å²) in [6, 6.07) is 10.8. The van der Waals surface area contributed by atoms with Crippen LogP contribution in [0.3, 0.4) is 0 Å². The number of nitrogens with zero attached hydrogens (tertiary/aromatic N) is 1. The second-order valence-electron chi connectivity index (χ2n) is 7.21. The Kier molecular flexibility index (Phi) is 4.81. The molecule has 7 nitrogen and oxygen atoms in total. The van der Waals surface area contributed by atoms with Crippen molar-refractivity contribution in [2.75, 3.05) is 30.0 Å². The van der Waals surface area contributed by atoms with Crippen LogP contribution < -0.4 is 25.0 Å². The Morgan fingerprint density at radius 2 is 1.75 bits per heavy atom. The van der Waals surface area contributed by atoms with Gasteiger partial charge in [0.1, 0.15) is 13.2 Å². The van der Waals surface area contributed by atoms with Crippen molar-refractivity contribution in [3.63, 3.8) is 0 Å². The maximum Gasteiger partial charge on any atom is 0.319 e. The molecule has 0 radical (unpaired) electrons. The summed E-state index contributed by atoms with van der Waals surface area (Å²) in [6.07, 6.45) is 0.259. The highest BCUT2D eigenvalue weighted by molar-refractivity contribution is 5.98. The van der Waals surface area contributed by atoms with Gasteiger partial charge in [0, 0.05) is 30.4 Å². The number of fused-ring (bicyclic) bond motifs is 1. The molecule has 2 aromatic rings. The molecule has 2 aromatic carbocycles. The molecule has 146 valence electrons. The smallest absolute Gasteiger partial charge is 0.319 e.